The maximum atomic E-state index is 12.3. The highest BCUT2D eigenvalue weighted by molar-refractivity contribution is 5.95. The van der Waals surface area contributed by atoms with Gasteiger partial charge in [-0.1, -0.05) is 12.1 Å². The largest absolute Gasteiger partial charge is 0.363 e. The Kier molecular flexibility index (Phi) is 4.58. The van der Waals surface area contributed by atoms with Crippen LogP contribution in [0.25, 0.3) is 0 Å². The molecule has 110 valence electrons. The smallest absolute Gasteiger partial charge is 0.251 e. The molecule has 2 rings (SSSR count). The van der Waals surface area contributed by atoms with Gasteiger partial charge in [-0.25, -0.2) is 4.98 Å². The second kappa shape index (κ2) is 6.39. The van der Waals surface area contributed by atoms with Crippen molar-refractivity contribution in [1.29, 1.82) is 0 Å². The van der Waals surface area contributed by atoms with Gasteiger partial charge in [0.05, 0.1) is 0 Å². The number of nitrogens with zero attached hydrogens (tertiary/aromatic N) is 2. The minimum absolute atomic E-state index is 0.0422. The first-order chi connectivity index (χ1) is 9.99. The summed E-state index contributed by atoms with van der Waals surface area (Å²) >= 11 is 0. The van der Waals surface area contributed by atoms with Crippen molar-refractivity contribution in [2.45, 2.75) is 20.4 Å². The molecule has 1 N–H and O–H groups in total. The average Bonchev–Trinajstić information content (AvgIpc) is 2.48. The fourth-order valence-electron chi connectivity index (χ4n) is 2.09. The quantitative estimate of drug-likeness (QED) is 0.938. The molecule has 1 aromatic heterocycles. The third kappa shape index (κ3) is 3.60. The van der Waals surface area contributed by atoms with Crippen molar-refractivity contribution in [3.8, 4) is 0 Å². The van der Waals surface area contributed by atoms with Gasteiger partial charge in [0.1, 0.15) is 5.82 Å². The van der Waals surface area contributed by atoms with E-state index in [9.17, 15) is 4.79 Å². The third-order valence-electron chi connectivity index (χ3n) is 3.57. The van der Waals surface area contributed by atoms with Crippen molar-refractivity contribution in [2.24, 2.45) is 0 Å². The Morgan fingerprint density at radius 1 is 1.24 bits per heavy atom. The summed E-state index contributed by atoms with van der Waals surface area (Å²) in [5.74, 6) is 0.841. The Morgan fingerprint density at radius 3 is 2.71 bits per heavy atom. The number of nitrogens with one attached hydrogen (secondary N) is 1. The fourth-order valence-corrected chi connectivity index (χ4v) is 2.09. The van der Waals surface area contributed by atoms with E-state index >= 15 is 0 Å². The number of carbonyl (C=O) groups is 1. The topological polar surface area (TPSA) is 45.2 Å². The van der Waals surface area contributed by atoms with E-state index in [0.29, 0.717) is 6.54 Å². The lowest BCUT2D eigenvalue weighted by Gasteiger charge is -2.13. The SMILES string of the molecule is Cc1cccc(C(=O)NCc2ccnc(N(C)C)c2)c1C. The molecule has 0 aliphatic carbocycles. The van der Waals surface area contributed by atoms with Crippen LogP contribution >= 0.6 is 0 Å². The van der Waals surface area contributed by atoms with Crippen LogP contribution in [0.4, 0.5) is 5.82 Å². The third-order valence-corrected chi connectivity index (χ3v) is 3.57. The molecule has 0 saturated carbocycles. The summed E-state index contributed by atoms with van der Waals surface area (Å²) in [5.41, 5.74) is 3.92. The summed E-state index contributed by atoms with van der Waals surface area (Å²) in [6.45, 7) is 4.48. The number of hydrogen-bond acceptors (Lipinski definition) is 3. The van der Waals surface area contributed by atoms with Crippen LogP contribution in [-0.2, 0) is 6.54 Å². The second-order valence-electron chi connectivity index (χ2n) is 5.35. The lowest BCUT2D eigenvalue weighted by Crippen LogP contribution is -2.24. The zero-order chi connectivity index (χ0) is 15.4. The summed E-state index contributed by atoms with van der Waals surface area (Å²) in [5, 5.41) is 2.96. The summed E-state index contributed by atoms with van der Waals surface area (Å²) in [7, 11) is 3.89. The lowest BCUT2D eigenvalue weighted by molar-refractivity contribution is 0.0950. The van der Waals surface area contributed by atoms with Gasteiger partial charge in [0, 0.05) is 32.4 Å². The maximum Gasteiger partial charge on any atom is 0.251 e. The molecule has 0 saturated heterocycles. The summed E-state index contributed by atoms with van der Waals surface area (Å²) in [6.07, 6.45) is 1.76. The first kappa shape index (κ1) is 15.0. The van der Waals surface area contributed by atoms with E-state index in [-0.39, 0.29) is 5.91 Å². The Hall–Kier alpha value is -2.36. The van der Waals surface area contributed by atoms with Gasteiger partial charge in [0.15, 0.2) is 0 Å². The second-order valence-corrected chi connectivity index (χ2v) is 5.35. The fraction of sp³-hybridized carbons (Fsp3) is 0.294. The van der Waals surface area contributed by atoms with Crippen molar-refractivity contribution >= 4 is 11.7 Å². The van der Waals surface area contributed by atoms with Gasteiger partial charge in [0.25, 0.3) is 5.91 Å². The highest BCUT2D eigenvalue weighted by atomic mass is 16.1. The number of amides is 1. The molecule has 1 aromatic carbocycles. The average molecular weight is 283 g/mol. The molecular weight excluding hydrogens is 262 g/mol. The van der Waals surface area contributed by atoms with Gasteiger partial charge < -0.3 is 10.2 Å². The molecule has 0 radical (unpaired) electrons. The summed E-state index contributed by atoms with van der Waals surface area (Å²) in [6, 6.07) is 9.67. The van der Waals surface area contributed by atoms with Gasteiger partial charge in [-0.3, -0.25) is 4.79 Å². The van der Waals surface area contributed by atoms with Crippen LogP contribution in [0.5, 0.6) is 0 Å². The van der Waals surface area contributed by atoms with E-state index in [4.69, 9.17) is 0 Å². The molecule has 1 amide bonds. The number of anilines is 1. The number of rotatable bonds is 4. The van der Waals surface area contributed by atoms with E-state index in [0.717, 1.165) is 28.1 Å². The van der Waals surface area contributed by atoms with Crippen LogP contribution in [0.1, 0.15) is 27.0 Å². The normalized spacial score (nSPS) is 10.3. The molecule has 0 atom stereocenters. The summed E-state index contributed by atoms with van der Waals surface area (Å²) in [4.78, 5) is 18.5. The van der Waals surface area contributed by atoms with Crippen LogP contribution in [0.3, 0.4) is 0 Å². The van der Waals surface area contributed by atoms with Crippen LogP contribution in [0.2, 0.25) is 0 Å². The highest BCUT2D eigenvalue weighted by Crippen LogP contribution is 2.13. The van der Waals surface area contributed by atoms with Crippen LogP contribution in [0, 0.1) is 13.8 Å². The van der Waals surface area contributed by atoms with Crippen LogP contribution in [0.15, 0.2) is 36.5 Å². The summed E-state index contributed by atoms with van der Waals surface area (Å²) < 4.78 is 0. The molecule has 0 aliphatic heterocycles. The van der Waals surface area contributed by atoms with E-state index in [2.05, 4.69) is 10.3 Å². The number of hydrogen-bond donors (Lipinski definition) is 1. The molecule has 0 spiro atoms. The van der Waals surface area contributed by atoms with Crippen LogP contribution in [-0.4, -0.2) is 25.0 Å². The Bertz CT molecular complexity index is 650. The molecule has 1 heterocycles. The van der Waals surface area contributed by atoms with E-state index in [1.165, 1.54) is 0 Å². The highest BCUT2D eigenvalue weighted by Gasteiger charge is 2.10. The maximum absolute atomic E-state index is 12.3. The van der Waals surface area contributed by atoms with Gasteiger partial charge >= 0.3 is 0 Å². The molecule has 2 aromatic rings. The number of carbonyl (C=O) groups excluding carboxylic acids is 1. The molecule has 21 heavy (non-hydrogen) atoms. The zero-order valence-corrected chi connectivity index (χ0v) is 13.0. The number of benzene rings is 1. The molecule has 4 nitrogen and oxygen atoms in total. The van der Waals surface area contributed by atoms with Crippen molar-refractivity contribution in [2.75, 3.05) is 19.0 Å². The van der Waals surface area contributed by atoms with Gasteiger partial charge in [0.2, 0.25) is 0 Å². The van der Waals surface area contributed by atoms with Gasteiger partial charge in [-0.05, 0) is 48.7 Å². The lowest BCUT2D eigenvalue weighted by atomic mass is 10.0. The van der Waals surface area contributed by atoms with Crippen LogP contribution < -0.4 is 10.2 Å². The number of pyridine rings is 1. The Morgan fingerprint density at radius 2 is 2.00 bits per heavy atom. The van der Waals surface area contributed by atoms with Crippen molar-refractivity contribution in [1.82, 2.24) is 10.3 Å². The molecule has 0 fully saturated rings. The monoisotopic (exact) mass is 283 g/mol. The standard InChI is InChI=1S/C17H21N3O/c1-12-6-5-7-15(13(12)2)17(21)19-11-14-8-9-18-16(10-14)20(3)4/h5-10H,11H2,1-4H3,(H,19,21). The first-order valence-electron chi connectivity index (χ1n) is 6.95. The predicted molar refractivity (Wildman–Crippen MR) is 85.7 cm³/mol. The molecular formula is C17H21N3O. The van der Waals surface area contributed by atoms with Crippen molar-refractivity contribution < 1.29 is 4.79 Å². The van der Waals surface area contributed by atoms with Crippen molar-refractivity contribution in [3.05, 3.63) is 58.8 Å². The zero-order valence-electron chi connectivity index (χ0n) is 13.0. The van der Waals surface area contributed by atoms with Gasteiger partial charge in [-0.15, -0.1) is 0 Å². The van der Waals surface area contributed by atoms with E-state index in [1.54, 1.807) is 6.20 Å². The number of aryl methyl sites for hydroxylation is 1. The molecule has 0 unspecified atom stereocenters. The van der Waals surface area contributed by atoms with E-state index < -0.39 is 0 Å². The van der Waals surface area contributed by atoms with E-state index in [1.807, 2.05) is 63.2 Å². The molecule has 4 heteroatoms. The first-order valence-corrected chi connectivity index (χ1v) is 6.95. The Balaban J connectivity index is 2.07. The minimum Gasteiger partial charge on any atom is -0.363 e. The number of aromatic nitrogens is 1. The molecule has 0 bridgehead atoms. The Labute approximate surface area is 125 Å². The van der Waals surface area contributed by atoms with Gasteiger partial charge in [-0.2, -0.15) is 0 Å². The van der Waals surface area contributed by atoms with Crippen molar-refractivity contribution in [3.63, 3.8) is 0 Å². The predicted octanol–water partition coefficient (Wildman–Crippen LogP) is 2.69. The molecule has 0 aliphatic rings. The minimum atomic E-state index is -0.0422.